The van der Waals surface area contributed by atoms with Crippen LogP contribution in [0.15, 0.2) is 12.1 Å². The summed E-state index contributed by atoms with van der Waals surface area (Å²) in [7, 11) is 0. The van der Waals surface area contributed by atoms with Crippen LogP contribution in [0.3, 0.4) is 0 Å². The molecule has 1 aliphatic heterocycles. The minimum Gasteiger partial charge on any atom is -0.355 e. The monoisotopic (exact) mass is 254 g/mol. The van der Waals surface area contributed by atoms with Crippen LogP contribution >= 0.6 is 0 Å². The van der Waals surface area contributed by atoms with Gasteiger partial charge in [0.1, 0.15) is 11.6 Å². The van der Waals surface area contributed by atoms with E-state index in [9.17, 15) is 18.4 Å². The lowest BCUT2D eigenvalue weighted by molar-refractivity contribution is -0.119. The Morgan fingerprint density at radius 2 is 2.00 bits per heavy atom. The van der Waals surface area contributed by atoms with Gasteiger partial charge in [-0.2, -0.15) is 0 Å². The Bertz CT molecular complexity index is 494. The van der Waals surface area contributed by atoms with Gasteiger partial charge in [-0.3, -0.25) is 9.59 Å². The molecule has 1 aromatic rings. The van der Waals surface area contributed by atoms with Crippen molar-refractivity contribution in [3.63, 3.8) is 0 Å². The van der Waals surface area contributed by atoms with Crippen molar-refractivity contribution >= 4 is 17.5 Å². The van der Waals surface area contributed by atoms with Gasteiger partial charge in [-0.1, -0.05) is 0 Å². The highest BCUT2D eigenvalue weighted by Gasteiger charge is 2.28. The van der Waals surface area contributed by atoms with Crippen LogP contribution in [0, 0.1) is 11.6 Å². The van der Waals surface area contributed by atoms with Crippen LogP contribution in [0.25, 0.3) is 0 Å². The van der Waals surface area contributed by atoms with Crippen LogP contribution in [0.4, 0.5) is 14.5 Å². The number of amides is 2. The lowest BCUT2D eigenvalue weighted by Gasteiger charge is -2.12. The zero-order valence-electron chi connectivity index (χ0n) is 9.72. The van der Waals surface area contributed by atoms with Crippen molar-refractivity contribution in [1.29, 1.82) is 0 Å². The molecule has 96 valence electrons. The van der Waals surface area contributed by atoms with Gasteiger partial charge in [0.05, 0.1) is 0 Å². The molecule has 1 atom stereocenters. The van der Waals surface area contributed by atoms with Gasteiger partial charge in [-0.15, -0.1) is 0 Å². The molecule has 2 amide bonds. The Morgan fingerprint density at radius 3 is 2.44 bits per heavy atom. The number of hydrogen-bond acceptors (Lipinski definition) is 2. The van der Waals surface area contributed by atoms with Crippen LogP contribution in [-0.4, -0.2) is 18.4 Å². The van der Waals surface area contributed by atoms with Crippen molar-refractivity contribution in [3.8, 4) is 0 Å². The average molecular weight is 254 g/mol. The summed E-state index contributed by atoms with van der Waals surface area (Å²) in [5.74, 6) is -2.62. The molecule has 0 saturated carbocycles. The second-order valence-corrected chi connectivity index (χ2v) is 4.24. The molecule has 4 nitrogen and oxygen atoms in total. The molecule has 1 aromatic carbocycles. The zero-order valence-corrected chi connectivity index (χ0v) is 9.72. The summed E-state index contributed by atoms with van der Waals surface area (Å²) >= 11 is 0. The summed E-state index contributed by atoms with van der Waals surface area (Å²) in [4.78, 5) is 21.9. The summed E-state index contributed by atoms with van der Waals surface area (Å²) in [6, 6.07) is 2.12. The quantitative estimate of drug-likeness (QED) is 0.840. The highest BCUT2D eigenvalue weighted by Crippen LogP contribution is 2.30. The lowest BCUT2D eigenvalue weighted by Crippen LogP contribution is -2.14. The predicted molar refractivity (Wildman–Crippen MR) is 61.0 cm³/mol. The molecular weight excluding hydrogens is 242 g/mol. The van der Waals surface area contributed by atoms with Crippen LogP contribution in [0.1, 0.15) is 24.8 Å². The zero-order chi connectivity index (χ0) is 13.3. The standard InChI is InChI=1S/C12H12F2N2O2/c1-6(17)16-8-3-9(13)12(10(14)4-8)7-2-11(18)15-5-7/h3-4,7H,2,5H2,1H3,(H,15,18)(H,16,17)/t7-/m0/s1. The third kappa shape index (κ3) is 2.47. The number of nitrogens with one attached hydrogen (secondary N) is 2. The van der Waals surface area contributed by atoms with Gasteiger partial charge in [0, 0.05) is 37.1 Å². The molecular formula is C12H12F2N2O2. The molecule has 1 heterocycles. The summed E-state index contributed by atoms with van der Waals surface area (Å²) in [6.45, 7) is 1.48. The molecule has 18 heavy (non-hydrogen) atoms. The van der Waals surface area contributed by atoms with E-state index >= 15 is 0 Å². The third-order valence-corrected chi connectivity index (χ3v) is 2.79. The number of rotatable bonds is 2. The van der Waals surface area contributed by atoms with Gasteiger partial charge in [-0.05, 0) is 12.1 Å². The van der Waals surface area contributed by atoms with Gasteiger partial charge >= 0.3 is 0 Å². The Balaban J connectivity index is 2.32. The fourth-order valence-electron chi connectivity index (χ4n) is 2.06. The Kier molecular flexibility index (Phi) is 3.27. The number of hydrogen-bond donors (Lipinski definition) is 2. The fraction of sp³-hybridized carbons (Fsp3) is 0.333. The third-order valence-electron chi connectivity index (χ3n) is 2.79. The molecule has 6 heteroatoms. The van der Waals surface area contributed by atoms with Gasteiger partial charge < -0.3 is 10.6 Å². The summed E-state index contributed by atoms with van der Waals surface area (Å²) < 4.78 is 27.6. The lowest BCUT2D eigenvalue weighted by atomic mass is 9.96. The highest BCUT2D eigenvalue weighted by molar-refractivity contribution is 5.88. The normalized spacial score (nSPS) is 18.6. The van der Waals surface area contributed by atoms with E-state index in [-0.39, 0.29) is 30.1 Å². The number of benzene rings is 1. The van der Waals surface area contributed by atoms with E-state index in [2.05, 4.69) is 10.6 Å². The van der Waals surface area contributed by atoms with E-state index in [1.54, 1.807) is 0 Å². The number of carbonyl (C=O) groups excluding carboxylic acids is 2. The van der Waals surface area contributed by atoms with Crippen LogP contribution in [0.2, 0.25) is 0 Å². The second-order valence-electron chi connectivity index (χ2n) is 4.24. The second kappa shape index (κ2) is 4.72. The van der Waals surface area contributed by atoms with E-state index in [1.165, 1.54) is 6.92 Å². The van der Waals surface area contributed by atoms with Gasteiger partial charge in [0.2, 0.25) is 11.8 Å². The molecule has 0 bridgehead atoms. The van der Waals surface area contributed by atoms with Crippen LogP contribution in [-0.2, 0) is 9.59 Å². The first-order chi connectivity index (χ1) is 8.47. The van der Waals surface area contributed by atoms with Crippen molar-refractivity contribution in [3.05, 3.63) is 29.3 Å². The smallest absolute Gasteiger partial charge is 0.221 e. The molecule has 2 N–H and O–H groups in total. The number of carbonyl (C=O) groups is 2. The number of anilines is 1. The first-order valence-corrected chi connectivity index (χ1v) is 5.50. The molecule has 1 saturated heterocycles. The van der Waals surface area contributed by atoms with Gasteiger partial charge in [0.15, 0.2) is 0 Å². The SMILES string of the molecule is CC(=O)Nc1cc(F)c([C@@H]2CNC(=O)C2)c(F)c1. The summed E-state index contributed by atoms with van der Waals surface area (Å²) in [6.07, 6.45) is 0.0767. The maximum absolute atomic E-state index is 13.8. The molecule has 0 spiro atoms. The predicted octanol–water partition coefficient (Wildman–Crippen LogP) is 1.53. The molecule has 0 aromatic heterocycles. The van der Waals surface area contributed by atoms with Crippen molar-refractivity contribution in [2.45, 2.75) is 19.3 Å². The maximum atomic E-state index is 13.8. The van der Waals surface area contributed by atoms with Crippen LogP contribution in [0.5, 0.6) is 0 Å². The van der Waals surface area contributed by atoms with Crippen molar-refractivity contribution in [1.82, 2.24) is 5.32 Å². The maximum Gasteiger partial charge on any atom is 0.221 e. The van der Waals surface area contributed by atoms with Crippen molar-refractivity contribution in [2.75, 3.05) is 11.9 Å². The number of halogens is 2. The van der Waals surface area contributed by atoms with E-state index < -0.39 is 23.5 Å². The van der Waals surface area contributed by atoms with E-state index in [0.29, 0.717) is 0 Å². The van der Waals surface area contributed by atoms with E-state index in [4.69, 9.17) is 0 Å². The van der Waals surface area contributed by atoms with Crippen molar-refractivity contribution in [2.24, 2.45) is 0 Å². The van der Waals surface area contributed by atoms with Gasteiger partial charge in [-0.25, -0.2) is 8.78 Å². The van der Waals surface area contributed by atoms with Gasteiger partial charge in [0.25, 0.3) is 0 Å². The highest BCUT2D eigenvalue weighted by atomic mass is 19.1. The Hall–Kier alpha value is -1.98. The summed E-state index contributed by atoms with van der Waals surface area (Å²) in [5, 5.41) is 4.84. The summed E-state index contributed by atoms with van der Waals surface area (Å²) in [5.41, 5.74) is -0.0408. The average Bonchev–Trinajstić information content (AvgIpc) is 2.62. The largest absolute Gasteiger partial charge is 0.355 e. The van der Waals surface area contributed by atoms with Crippen molar-refractivity contribution < 1.29 is 18.4 Å². The Labute approximate surface area is 102 Å². The fourth-order valence-corrected chi connectivity index (χ4v) is 2.06. The molecule has 1 fully saturated rings. The first kappa shape index (κ1) is 12.5. The van der Waals surface area contributed by atoms with Crippen LogP contribution < -0.4 is 10.6 Å². The molecule has 0 unspecified atom stereocenters. The topological polar surface area (TPSA) is 58.2 Å². The minimum atomic E-state index is -0.750. The molecule has 2 rings (SSSR count). The molecule has 0 radical (unpaired) electrons. The molecule has 1 aliphatic rings. The minimum absolute atomic E-state index is 0.0681. The van der Waals surface area contributed by atoms with E-state index in [1.807, 2.05) is 0 Å². The first-order valence-electron chi connectivity index (χ1n) is 5.50. The molecule has 0 aliphatic carbocycles. The van der Waals surface area contributed by atoms with E-state index in [0.717, 1.165) is 12.1 Å². The Morgan fingerprint density at radius 1 is 1.39 bits per heavy atom.